The third-order valence-electron chi connectivity index (χ3n) is 7.88. The van der Waals surface area contributed by atoms with Gasteiger partial charge in [0.1, 0.15) is 0 Å². The molecule has 0 saturated heterocycles. The van der Waals surface area contributed by atoms with Crippen molar-refractivity contribution in [1.82, 2.24) is 0 Å². The molecule has 0 radical (unpaired) electrons. The smallest absolute Gasteiger partial charge is 0.0274 e. The van der Waals surface area contributed by atoms with Crippen LogP contribution in [0.4, 0.5) is 0 Å². The molecule has 25 heavy (non-hydrogen) atoms. The summed E-state index contributed by atoms with van der Waals surface area (Å²) in [6.07, 6.45) is 8.36. The van der Waals surface area contributed by atoms with Crippen molar-refractivity contribution >= 4 is 15.9 Å². The minimum atomic E-state index is 0.206. The zero-order valence-corrected chi connectivity index (χ0v) is 16.9. The molecular weight excluding hydrogens is 368 g/mol. The molecule has 0 amide bonds. The molecule has 0 heterocycles. The first kappa shape index (κ1) is 16.1. The normalized spacial score (nSPS) is 36.0. The van der Waals surface area contributed by atoms with E-state index in [0.717, 1.165) is 5.92 Å². The van der Waals surface area contributed by atoms with E-state index in [1.807, 2.05) is 0 Å². The van der Waals surface area contributed by atoms with Gasteiger partial charge in [0.25, 0.3) is 0 Å². The van der Waals surface area contributed by atoms with E-state index < -0.39 is 0 Å². The van der Waals surface area contributed by atoms with Crippen molar-refractivity contribution in [2.24, 2.45) is 17.3 Å². The molecule has 0 nitrogen and oxygen atoms in total. The maximum Gasteiger partial charge on any atom is 0.0274 e. The van der Waals surface area contributed by atoms with Crippen LogP contribution in [0.5, 0.6) is 0 Å². The number of rotatable bonds is 0. The predicted octanol–water partition coefficient (Wildman–Crippen LogP) is 7.34. The molecule has 0 aromatic heterocycles. The van der Waals surface area contributed by atoms with Crippen molar-refractivity contribution in [1.29, 1.82) is 0 Å². The Balaban J connectivity index is 1.88. The highest BCUT2D eigenvalue weighted by Crippen LogP contribution is 2.67. The molecule has 0 N–H and O–H groups in total. The summed E-state index contributed by atoms with van der Waals surface area (Å²) in [5.74, 6) is 1.48. The maximum atomic E-state index is 3.79. The van der Waals surface area contributed by atoms with Crippen molar-refractivity contribution in [3.05, 3.63) is 58.1 Å². The average molecular weight is 395 g/mol. The maximum absolute atomic E-state index is 3.79. The Kier molecular flexibility index (Phi) is 3.52. The van der Waals surface area contributed by atoms with Crippen molar-refractivity contribution in [2.45, 2.75) is 57.8 Å². The van der Waals surface area contributed by atoms with Crippen LogP contribution in [0.3, 0.4) is 0 Å². The first-order valence-electron chi connectivity index (χ1n) is 9.97. The van der Waals surface area contributed by atoms with Gasteiger partial charge in [0, 0.05) is 9.89 Å². The minimum Gasteiger partial charge on any atom is -0.0619 e. The Morgan fingerprint density at radius 3 is 2.48 bits per heavy atom. The van der Waals surface area contributed by atoms with Crippen LogP contribution < -0.4 is 0 Å². The van der Waals surface area contributed by atoms with Gasteiger partial charge in [-0.05, 0) is 77.3 Å². The lowest BCUT2D eigenvalue weighted by Gasteiger charge is -2.47. The monoisotopic (exact) mass is 394 g/mol. The Hall–Kier alpha value is -1.08. The number of fused-ring (bicyclic) bond motifs is 7. The Morgan fingerprint density at radius 1 is 0.920 bits per heavy atom. The molecule has 3 aliphatic carbocycles. The molecule has 0 bridgehead atoms. The van der Waals surface area contributed by atoms with Crippen LogP contribution in [0.2, 0.25) is 0 Å². The fourth-order valence-corrected chi connectivity index (χ4v) is 7.28. The molecule has 2 saturated carbocycles. The van der Waals surface area contributed by atoms with Gasteiger partial charge in [-0.2, -0.15) is 0 Å². The molecule has 2 aromatic carbocycles. The number of halogens is 1. The van der Waals surface area contributed by atoms with E-state index in [1.54, 1.807) is 11.1 Å². The average Bonchev–Trinajstić information content (AvgIpc) is 3.08. The van der Waals surface area contributed by atoms with Crippen LogP contribution in [0, 0.1) is 17.3 Å². The molecule has 0 aliphatic heterocycles. The van der Waals surface area contributed by atoms with Gasteiger partial charge in [0.05, 0.1) is 0 Å². The summed E-state index contributed by atoms with van der Waals surface area (Å²) in [4.78, 5) is 0. The van der Waals surface area contributed by atoms with Crippen LogP contribution in [0.25, 0.3) is 11.1 Å². The number of hydrogen-bond acceptors (Lipinski definition) is 0. The van der Waals surface area contributed by atoms with E-state index in [1.165, 1.54) is 54.1 Å². The zero-order chi connectivity index (χ0) is 17.2. The zero-order valence-electron chi connectivity index (χ0n) is 15.3. The highest BCUT2D eigenvalue weighted by atomic mass is 79.9. The van der Waals surface area contributed by atoms with Gasteiger partial charge in [-0.3, -0.25) is 0 Å². The topological polar surface area (TPSA) is 0 Å². The number of hydrogen-bond donors (Lipinski definition) is 0. The van der Waals surface area contributed by atoms with E-state index in [2.05, 4.69) is 72.2 Å². The van der Waals surface area contributed by atoms with E-state index in [9.17, 15) is 0 Å². The fourth-order valence-electron chi connectivity index (χ4n) is 6.92. The summed E-state index contributed by atoms with van der Waals surface area (Å²) < 4.78 is 1.23. The summed E-state index contributed by atoms with van der Waals surface area (Å²) in [5, 5.41) is 0. The van der Waals surface area contributed by atoms with Gasteiger partial charge < -0.3 is 0 Å². The molecule has 3 aliphatic rings. The molecule has 4 atom stereocenters. The first-order valence-corrected chi connectivity index (χ1v) is 10.8. The highest BCUT2D eigenvalue weighted by molar-refractivity contribution is 9.10. The van der Waals surface area contributed by atoms with Crippen molar-refractivity contribution in [3.8, 4) is 11.1 Å². The Labute approximate surface area is 160 Å². The van der Waals surface area contributed by atoms with E-state index >= 15 is 0 Å². The Bertz CT molecular complexity index is 838. The quantitative estimate of drug-likeness (QED) is 0.438. The van der Waals surface area contributed by atoms with E-state index in [-0.39, 0.29) is 5.41 Å². The fraction of sp³-hybridized carbons (Fsp3) is 0.500. The van der Waals surface area contributed by atoms with Crippen LogP contribution in [-0.4, -0.2) is 0 Å². The third-order valence-corrected chi connectivity index (χ3v) is 8.38. The minimum absolute atomic E-state index is 0.206. The summed E-state index contributed by atoms with van der Waals surface area (Å²) >= 11 is 3.79. The lowest BCUT2D eigenvalue weighted by Crippen LogP contribution is -2.44. The predicted molar refractivity (Wildman–Crippen MR) is 109 cm³/mol. The molecule has 1 heteroatoms. The number of benzene rings is 2. The molecule has 130 valence electrons. The van der Waals surface area contributed by atoms with Crippen LogP contribution in [0.1, 0.15) is 63.5 Å². The van der Waals surface area contributed by atoms with E-state index in [0.29, 0.717) is 11.3 Å². The second kappa shape index (κ2) is 5.46. The second-order valence-corrected chi connectivity index (χ2v) is 9.91. The lowest BCUT2D eigenvalue weighted by atomic mass is 9.56. The van der Waals surface area contributed by atoms with Gasteiger partial charge in [0.2, 0.25) is 0 Å². The van der Waals surface area contributed by atoms with Crippen LogP contribution >= 0.6 is 15.9 Å². The van der Waals surface area contributed by atoms with Crippen LogP contribution in [0.15, 0.2) is 46.9 Å². The molecule has 4 unspecified atom stereocenters. The Morgan fingerprint density at radius 2 is 1.64 bits per heavy atom. The lowest BCUT2D eigenvalue weighted by molar-refractivity contribution is 0.129. The van der Waals surface area contributed by atoms with Gasteiger partial charge in [0.15, 0.2) is 0 Å². The first-order chi connectivity index (χ1) is 12.1. The van der Waals surface area contributed by atoms with Gasteiger partial charge in [-0.1, -0.05) is 73.0 Å². The van der Waals surface area contributed by atoms with Gasteiger partial charge in [-0.25, -0.2) is 0 Å². The summed E-state index contributed by atoms with van der Waals surface area (Å²) in [6, 6.07) is 16.3. The standard InChI is InChI=1S/C24H27Br/c1-16-7-5-13-23(2)14-6-10-22(23)24(16)20-9-4-3-8-18(20)19-12-11-17(25)15-21(19)24/h3-4,8-9,11-12,15-16,22H,5-7,10,13-14H2,1-2H3. The van der Waals surface area contributed by atoms with Crippen molar-refractivity contribution in [2.75, 3.05) is 0 Å². The third kappa shape index (κ3) is 1.99. The van der Waals surface area contributed by atoms with Crippen LogP contribution in [-0.2, 0) is 5.41 Å². The van der Waals surface area contributed by atoms with E-state index in [4.69, 9.17) is 0 Å². The molecule has 2 fully saturated rings. The highest BCUT2D eigenvalue weighted by Gasteiger charge is 2.59. The SMILES string of the molecule is CC1CCCC2(C)CCCC2C12c1ccccc1-c1ccc(Br)cc12. The molecule has 5 rings (SSSR count). The second-order valence-electron chi connectivity index (χ2n) is 9.00. The molecule has 2 aromatic rings. The van der Waals surface area contributed by atoms with Gasteiger partial charge in [-0.15, -0.1) is 0 Å². The van der Waals surface area contributed by atoms with Crippen molar-refractivity contribution < 1.29 is 0 Å². The largest absolute Gasteiger partial charge is 0.0619 e. The summed E-state index contributed by atoms with van der Waals surface area (Å²) in [6.45, 7) is 5.14. The molecule has 1 spiro atoms. The van der Waals surface area contributed by atoms with Gasteiger partial charge >= 0.3 is 0 Å². The summed E-state index contributed by atoms with van der Waals surface area (Å²) in [5.41, 5.74) is 6.92. The summed E-state index contributed by atoms with van der Waals surface area (Å²) in [7, 11) is 0. The van der Waals surface area contributed by atoms with Crippen molar-refractivity contribution in [3.63, 3.8) is 0 Å². The molecular formula is C24H27Br.